The summed E-state index contributed by atoms with van der Waals surface area (Å²) in [5.41, 5.74) is 5.34. The fraction of sp³-hybridized carbons (Fsp3) is 0.500. The van der Waals surface area contributed by atoms with Gasteiger partial charge in [0.2, 0.25) is 0 Å². The molecule has 0 radical (unpaired) electrons. The van der Waals surface area contributed by atoms with E-state index >= 15 is 0 Å². The summed E-state index contributed by atoms with van der Waals surface area (Å²) in [6.07, 6.45) is 4.88. The predicted octanol–water partition coefficient (Wildman–Crippen LogP) is 4.80. The third-order valence-corrected chi connectivity index (χ3v) is 5.59. The van der Waals surface area contributed by atoms with Gasteiger partial charge < -0.3 is 5.32 Å². The number of hydrogen-bond donors (Lipinski definition) is 1. The van der Waals surface area contributed by atoms with Crippen molar-refractivity contribution in [3.8, 4) is 10.6 Å². The van der Waals surface area contributed by atoms with Crippen molar-refractivity contribution in [1.82, 2.24) is 10.3 Å². The molecule has 1 heterocycles. The molecule has 3 heteroatoms. The standard InChI is InChI=1S/C18H24N2S/c1-4-11-19-15-9-6-10-16-17(15)20-18(21-16)14-8-5-7-12(2)13(14)3/h5,7-8,15,19H,4,6,9-11H2,1-3H3. The first-order valence-electron chi connectivity index (χ1n) is 8.00. The summed E-state index contributed by atoms with van der Waals surface area (Å²) in [6, 6.07) is 6.99. The minimum absolute atomic E-state index is 0.462. The molecule has 1 N–H and O–H groups in total. The van der Waals surface area contributed by atoms with Crippen LogP contribution < -0.4 is 5.32 Å². The van der Waals surface area contributed by atoms with Gasteiger partial charge in [0.05, 0.1) is 11.7 Å². The van der Waals surface area contributed by atoms with Gasteiger partial charge in [-0.25, -0.2) is 4.98 Å². The molecule has 1 atom stereocenters. The van der Waals surface area contributed by atoms with E-state index in [4.69, 9.17) is 4.98 Å². The van der Waals surface area contributed by atoms with E-state index in [9.17, 15) is 0 Å². The van der Waals surface area contributed by atoms with Crippen LogP contribution >= 0.6 is 11.3 Å². The first-order chi connectivity index (χ1) is 10.2. The lowest BCUT2D eigenvalue weighted by atomic mass is 9.97. The molecule has 112 valence electrons. The first kappa shape index (κ1) is 14.7. The summed E-state index contributed by atoms with van der Waals surface area (Å²) >= 11 is 1.90. The van der Waals surface area contributed by atoms with Gasteiger partial charge in [-0.2, -0.15) is 0 Å². The van der Waals surface area contributed by atoms with Crippen LogP contribution in [-0.2, 0) is 6.42 Å². The summed E-state index contributed by atoms with van der Waals surface area (Å²) in [7, 11) is 0. The molecule has 0 amide bonds. The predicted molar refractivity (Wildman–Crippen MR) is 91.0 cm³/mol. The molecule has 2 nitrogen and oxygen atoms in total. The highest BCUT2D eigenvalue weighted by molar-refractivity contribution is 7.15. The molecule has 0 bridgehead atoms. The quantitative estimate of drug-likeness (QED) is 0.877. The van der Waals surface area contributed by atoms with Gasteiger partial charge in [0.1, 0.15) is 5.01 Å². The smallest absolute Gasteiger partial charge is 0.124 e. The van der Waals surface area contributed by atoms with Gasteiger partial charge >= 0.3 is 0 Å². The van der Waals surface area contributed by atoms with Crippen molar-refractivity contribution >= 4 is 11.3 Å². The minimum Gasteiger partial charge on any atom is -0.309 e. The van der Waals surface area contributed by atoms with Gasteiger partial charge in [0, 0.05) is 10.4 Å². The van der Waals surface area contributed by atoms with E-state index in [0.717, 1.165) is 6.54 Å². The summed E-state index contributed by atoms with van der Waals surface area (Å²) in [5.74, 6) is 0. The number of aromatic nitrogens is 1. The molecule has 0 saturated heterocycles. The second kappa shape index (κ2) is 6.29. The van der Waals surface area contributed by atoms with Crippen LogP contribution in [0.15, 0.2) is 18.2 Å². The Hall–Kier alpha value is -1.19. The van der Waals surface area contributed by atoms with Gasteiger partial charge in [0.25, 0.3) is 0 Å². The average molecular weight is 300 g/mol. The first-order valence-corrected chi connectivity index (χ1v) is 8.82. The lowest BCUT2D eigenvalue weighted by Gasteiger charge is -2.22. The number of nitrogens with one attached hydrogen (secondary N) is 1. The lowest BCUT2D eigenvalue weighted by molar-refractivity contribution is 0.454. The Morgan fingerprint density at radius 2 is 2.19 bits per heavy atom. The van der Waals surface area contributed by atoms with E-state index in [2.05, 4.69) is 44.3 Å². The molecule has 1 aliphatic rings. The zero-order valence-electron chi connectivity index (χ0n) is 13.2. The van der Waals surface area contributed by atoms with Crippen molar-refractivity contribution in [3.63, 3.8) is 0 Å². The molecule has 0 aliphatic heterocycles. The highest BCUT2D eigenvalue weighted by atomic mass is 32.1. The fourth-order valence-electron chi connectivity index (χ4n) is 3.03. The highest BCUT2D eigenvalue weighted by Gasteiger charge is 2.24. The van der Waals surface area contributed by atoms with Crippen molar-refractivity contribution in [2.75, 3.05) is 6.54 Å². The van der Waals surface area contributed by atoms with Crippen molar-refractivity contribution in [3.05, 3.63) is 39.9 Å². The number of aryl methyl sites for hydroxylation is 2. The summed E-state index contributed by atoms with van der Waals surface area (Å²) in [6.45, 7) is 7.69. The summed E-state index contributed by atoms with van der Waals surface area (Å²) < 4.78 is 0. The van der Waals surface area contributed by atoms with E-state index in [-0.39, 0.29) is 0 Å². The Morgan fingerprint density at radius 3 is 3.00 bits per heavy atom. The third kappa shape index (κ3) is 2.90. The number of fused-ring (bicyclic) bond motifs is 1. The van der Waals surface area contributed by atoms with Crippen LogP contribution in [0.3, 0.4) is 0 Å². The van der Waals surface area contributed by atoms with Crippen LogP contribution in [0.4, 0.5) is 0 Å². The molecule has 1 unspecified atom stereocenters. The maximum absolute atomic E-state index is 5.01. The van der Waals surface area contributed by atoms with Gasteiger partial charge in [-0.15, -0.1) is 11.3 Å². The van der Waals surface area contributed by atoms with E-state index in [1.165, 1.54) is 58.0 Å². The maximum atomic E-state index is 5.01. The number of rotatable bonds is 4. The van der Waals surface area contributed by atoms with Gasteiger partial charge in [-0.1, -0.05) is 25.1 Å². The lowest BCUT2D eigenvalue weighted by Crippen LogP contribution is -2.25. The zero-order chi connectivity index (χ0) is 14.8. The number of thiazole rings is 1. The molecule has 1 aromatic heterocycles. The normalized spacial score (nSPS) is 17.8. The highest BCUT2D eigenvalue weighted by Crippen LogP contribution is 2.38. The minimum atomic E-state index is 0.462. The van der Waals surface area contributed by atoms with E-state index in [1.54, 1.807) is 0 Å². The Balaban J connectivity index is 1.96. The number of nitrogens with zero attached hydrogens (tertiary/aromatic N) is 1. The van der Waals surface area contributed by atoms with Crippen LogP contribution in [0.25, 0.3) is 10.6 Å². The SMILES string of the molecule is CCCNC1CCCc2sc(-c3cccc(C)c3C)nc21. The molecular weight excluding hydrogens is 276 g/mol. The second-order valence-corrected chi connectivity index (χ2v) is 7.06. The monoisotopic (exact) mass is 300 g/mol. The van der Waals surface area contributed by atoms with Crippen molar-refractivity contribution in [2.24, 2.45) is 0 Å². The van der Waals surface area contributed by atoms with Crippen LogP contribution in [0, 0.1) is 13.8 Å². The third-order valence-electron chi connectivity index (χ3n) is 4.43. The van der Waals surface area contributed by atoms with Gasteiger partial charge in [-0.3, -0.25) is 0 Å². The molecule has 21 heavy (non-hydrogen) atoms. The van der Waals surface area contributed by atoms with Gasteiger partial charge in [0.15, 0.2) is 0 Å². The molecule has 1 aromatic carbocycles. The van der Waals surface area contributed by atoms with E-state index in [1.807, 2.05) is 11.3 Å². The maximum Gasteiger partial charge on any atom is 0.124 e. The molecule has 1 aliphatic carbocycles. The van der Waals surface area contributed by atoms with E-state index in [0.29, 0.717) is 6.04 Å². The van der Waals surface area contributed by atoms with Crippen LogP contribution in [0.1, 0.15) is 53.9 Å². The van der Waals surface area contributed by atoms with Gasteiger partial charge in [-0.05, 0) is 57.2 Å². The topological polar surface area (TPSA) is 24.9 Å². The molecule has 2 aromatic rings. The van der Waals surface area contributed by atoms with Crippen LogP contribution in [0.5, 0.6) is 0 Å². The molecule has 0 spiro atoms. The summed E-state index contributed by atoms with van der Waals surface area (Å²) in [4.78, 5) is 6.50. The largest absolute Gasteiger partial charge is 0.309 e. The average Bonchev–Trinajstić information content (AvgIpc) is 2.92. The van der Waals surface area contributed by atoms with Crippen molar-refractivity contribution < 1.29 is 0 Å². The fourth-order valence-corrected chi connectivity index (χ4v) is 4.28. The van der Waals surface area contributed by atoms with Crippen molar-refractivity contribution in [2.45, 2.75) is 52.5 Å². The summed E-state index contributed by atoms with van der Waals surface area (Å²) in [5, 5.41) is 4.86. The molecular formula is C18H24N2S. The molecule has 3 rings (SSSR count). The van der Waals surface area contributed by atoms with E-state index < -0.39 is 0 Å². The van der Waals surface area contributed by atoms with Crippen LogP contribution in [-0.4, -0.2) is 11.5 Å². The Morgan fingerprint density at radius 1 is 1.33 bits per heavy atom. The Kier molecular flexibility index (Phi) is 4.41. The van der Waals surface area contributed by atoms with Crippen molar-refractivity contribution in [1.29, 1.82) is 0 Å². The number of hydrogen-bond acceptors (Lipinski definition) is 3. The Labute approximate surface area is 131 Å². The zero-order valence-corrected chi connectivity index (χ0v) is 14.0. The molecule has 0 saturated carbocycles. The molecule has 0 fully saturated rings. The number of benzene rings is 1. The second-order valence-electron chi connectivity index (χ2n) is 5.97. The van der Waals surface area contributed by atoms with Crippen LogP contribution in [0.2, 0.25) is 0 Å². The Bertz CT molecular complexity index is 630.